The highest BCUT2D eigenvalue weighted by atomic mass is 127. The minimum atomic E-state index is 0. The molecule has 0 amide bonds. The van der Waals surface area contributed by atoms with Crippen LogP contribution in [0.5, 0.6) is 0 Å². The van der Waals surface area contributed by atoms with E-state index < -0.39 is 0 Å². The summed E-state index contributed by atoms with van der Waals surface area (Å²) in [5, 5.41) is 7.86. The van der Waals surface area contributed by atoms with Crippen LogP contribution in [0.4, 0.5) is 0 Å². The lowest BCUT2D eigenvalue weighted by Gasteiger charge is -2.20. The summed E-state index contributed by atoms with van der Waals surface area (Å²) in [4.78, 5) is 13.0. The molecule has 0 spiro atoms. The van der Waals surface area contributed by atoms with Gasteiger partial charge in [0.1, 0.15) is 5.01 Å². The van der Waals surface area contributed by atoms with Crippen molar-refractivity contribution in [2.45, 2.75) is 52.5 Å². The summed E-state index contributed by atoms with van der Waals surface area (Å²) < 4.78 is 0. The van der Waals surface area contributed by atoms with Crippen LogP contribution in [0, 0.1) is 0 Å². The van der Waals surface area contributed by atoms with Gasteiger partial charge in [0.05, 0.1) is 6.54 Å². The van der Waals surface area contributed by atoms with Crippen LogP contribution in [0.3, 0.4) is 0 Å². The average Bonchev–Trinajstić information content (AvgIpc) is 2.87. The highest BCUT2D eigenvalue weighted by molar-refractivity contribution is 14.0. The lowest BCUT2D eigenvalue weighted by Crippen LogP contribution is -2.41. The van der Waals surface area contributed by atoms with E-state index >= 15 is 0 Å². The van der Waals surface area contributed by atoms with Crippen LogP contribution in [0.15, 0.2) is 11.2 Å². The Morgan fingerprint density at radius 1 is 1.21 bits per heavy atom. The van der Waals surface area contributed by atoms with Gasteiger partial charge in [0.25, 0.3) is 0 Å². The van der Waals surface area contributed by atoms with Crippen molar-refractivity contribution in [1.82, 2.24) is 20.5 Å². The summed E-state index contributed by atoms with van der Waals surface area (Å²) in [5.41, 5.74) is 0. The van der Waals surface area contributed by atoms with Crippen LogP contribution in [-0.4, -0.2) is 48.6 Å². The van der Waals surface area contributed by atoms with Gasteiger partial charge < -0.3 is 15.5 Å². The number of nitrogens with one attached hydrogen (secondary N) is 2. The Morgan fingerprint density at radius 2 is 1.96 bits per heavy atom. The Morgan fingerprint density at radius 3 is 2.58 bits per heavy atom. The molecule has 1 aliphatic rings. The van der Waals surface area contributed by atoms with E-state index in [0.717, 1.165) is 37.0 Å². The van der Waals surface area contributed by atoms with Crippen LogP contribution in [0.1, 0.15) is 49.4 Å². The van der Waals surface area contributed by atoms with E-state index in [-0.39, 0.29) is 24.0 Å². The third-order valence-electron chi connectivity index (χ3n) is 4.09. The van der Waals surface area contributed by atoms with Gasteiger partial charge in [-0.2, -0.15) is 0 Å². The maximum atomic E-state index is 4.66. The predicted molar refractivity (Wildman–Crippen MR) is 115 cm³/mol. The number of hydrogen-bond donors (Lipinski definition) is 2. The summed E-state index contributed by atoms with van der Waals surface area (Å²) >= 11 is 1.76. The fraction of sp³-hybridized carbons (Fsp3) is 0.765. The normalized spacial score (nSPS) is 16.3. The standard InChI is InChI=1S/C17H31N5S.HI/c1-3-15-13-20-16(23-15)14-21-17(18-4-2)19-9-12-22-10-7-5-6-8-11-22;/h13H,3-12,14H2,1-2H3,(H2,18,19,21);1H. The third kappa shape index (κ3) is 8.11. The number of aromatic nitrogens is 1. The molecule has 2 N–H and O–H groups in total. The second kappa shape index (κ2) is 12.9. The van der Waals surface area contributed by atoms with Crippen LogP contribution in [0.2, 0.25) is 0 Å². The molecule has 0 radical (unpaired) electrons. The monoisotopic (exact) mass is 465 g/mol. The molecule has 1 fully saturated rings. The predicted octanol–water partition coefficient (Wildman–Crippen LogP) is 3.25. The molecule has 1 saturated heterocycles. The van der Waals surface area contributed by atoms with Crippen molar-refractivity contribution in [3.8, 4) is 0 Å². The molecule has 0 saturated carbocycles. The molecule has 7 heteroatoms. The van der Waals surface area contributed by atoms with Crippen molar-refractivity contribution in [3.05, 3.63) is 16.1 Å². The number of nitrogens with zero attached hydrogens (tertiary/aromatic N) is 3. The van der Waals surface area contributed by atoms with Crippen LogP contribution in [0.25, 0.3) is 0 Å². The molecule has 2 heterocycles. The first-order valence-corrected chi connectivity index (χ1v) is 9.81. The number of aryl methyl sites for hydroxylation is 1. The van der Waals surface area contributed by atoms with Crippen molar-refractivity contribution >= 4 is 41.3 Å². The molecule has 0 aromatic carbocycles. The number of hydrogen-bond acceptors (Lipinski definition) is 4. The molecule has 24 heavy (non-hydrogen) atoms. The molecular weight excluding hydrogens is 433 g/mol. The molecule has 1 aromatic rings. The minimum Gasteiger partial charge on any atom is -0.357 e. The first kappa shape index (κ1) is 21.6. The lowest BCUT2D eigenvalue weighted by molar-refractivity contribution is 0.289. The molecular formula is C17H32IN5S. The van der Waals surface area contributed by atoms with E-state index in [4.69, 9.17) is 0 Å². The topological polar surface area (TPSA) is 52.6 Å². The zero-order valence-corrected chi connectivity index (χ0v) is 18.2. The first-order chi connectivity index (χ1) is 11.3. The second-order valence-corrected chi connectivity index (χ2v) is 7.15. The average molecular weight is 465 g/mol. The van der Waals surface area contributed by atoms with Crippen molar-refractivity contribution in [2.75, 3.05) is 32.7 Å². The van der Waals surface area contributed by atoms with Gasteiger partial charge in [0, 0.05) is 30.7 Å². The van der Waals surface area contributed by atoms with Crippen molar-refractivity contribution in [2.24, 2.45) is 4.99 Å². The summed E-state index contributed by atoms with van der Waals surface area (Å²) in [5.74, 6) is 0.899. The number of aliphatic imine (C=N–C) groups is 1. The zero-order chi connectivity index (χ0) is 16.3. The number of thiazole rings is 1. The highest BCUT2D eigenvalue weighted by Crippen LogP contribution is 2.14. The van der Waals surface area contributed by atoms with Gasteiger partial charge >= 0.3 is 0 Å². The highest BCUT2D eigenvalue weighted by Gasteiger charge is 2.08. The molecule has 0 bridgehead atoms. The molecule has 1 aromatic heterocycles. The van der Waals surface area contributed by atoms with E-state index in [1.807, 2.05) is 6.20 Å². The van der Waals surface area contributed by atoms with Gasteiger partial charge in [-0.3, -0.25) is 0 Å². The van der Waals surface area contributed by atoms with Crippen molar-refractivity contribution in [3.63, 3.8) is 0 Å². The van der Waals surface area contributed by atoms with Gasteiger partial charge in [-0.1, -0.05) is 19.8 Å². The number of halogens is 1. The Balaban J connectivity index is 0.00000288. The summed E-state index contributed by atoms with van der Waals surface area (Å²) in [6.45, 7) is 10.3. The molecule has 0 aliphatic carbocycles. The summed E-state index contributed by atoms with van der Waals surface area (Å²) in [6, 6.07) is 0. The minimum absolute atomic E-state index is 0. The zero-order valence-electron chi connectivity index (χ0n) is 15.0. The molecule has 2 rings (SSSR count). The Bertz CT molecular complexity index is 469. The van der Waals surface area contributed by atoms with E-state index in [1.54, 1.807) is 11.3 Å². The lowest BCUT2D eigenvalue weighted by atomic mass is 10.2. The smallest absolute Gasteiger partial charge is 0.191 e. The molecule has 1 aliphatic heterocycles. The van der Waals surface area contributed by atoms with Gasteiger partial charge in [-0.15, -0.1) is 35.3 Å². The van der Waals surface area contributed by atoms with Crippen LogP contribution >= 0.6 is 35.3 Å². The van der Waals surface area contributed by atoms with Crippen molar-refractivity contribution in [1.29, 1.82) is 0 Å². The third-order valence-corrected chi connectivity index (χ3v) is 5.21. The van der Waals surface area contributed by atoms with E-state index in [9.17, 15) is 0 Å². The number of likely N-dealkylation sites (tertiary alicyclic amines) is 1. The number of rotatable bonds is 7. The maximum absolute atomic E-state index is 4.66. The van der Waals surface area contributed by atoms with Gasteiger partial charge in [-0.25, -0.2) is 9.98 Å². The summed E-state index contributed by atoms with van der Waals surface area (Å²) in [7, 11) is 0. The molecule has 5 nitrogen and oxygen atoms in total. The quantitative estimate of drug-likeness (QED) is 0.369. The van der Waals surface area contributed by atoms with Gasteiger partial charge in [0.2, 0.25) is 0 Å². The second-order valence-electron chi connectivity index (χ2n) is 5.95. The van der Waals surface area contributed by atoms with Crippen LogP contribution < -0.4 is 10.6 Å². The maximum Gasteiger partial charge on any atom is 0.191 e. The van der Waals surface area contributed by atoms with Gasteiger partial charge in [0.15, 0.2) is 5.96 Å². The van der Waals surface area contributed by atoms with E-state index in [0.29, 0.717) is 6.54 Å². The summed E-state index contributed by atoms with van der Waals surface area (Å²) in [6.07, 6.45) is 8.49. The molecule has 0 unspecified atom stereocenters. The fourth-order valence-corrected chi connectivity index (χ4v) is 3.55. The SMILES string of the molecule is CCNC(=NCc1ncc(CC)s1)NCCN1CCCCCC1.I. The molecule has 138 valence electrons. The van der Waals surface area contributed by atoms with E-state index in [2.05, 4.69) is 39.4 Å². The molecule has 0 atom stereocenters. The Labute approximate surface area is 167 Å². The largest absolute Gasteiger partial charge is 0.357 e. The first-order valence-electron chi connectivity index (χ1n) is 9.00. The fourth-order valence-electron chi connectivity index (χ4n) is 2.77. The van der Waals surface area contributed by atoms with E-state index in [1.165, 1.54) is 43.6 Å². The Kier molecular flexibility index (Phi) is 11.6. The number of guanidine groups is 1. The van der Waals surface area contributed by atoms with Crippen molar-refractivity contribution < 1.29 is 0 Å². The van der Waals surface area contributed by atoms with Gasteiger partial charge in [-0.05, 0) is 39.3 Å². The van der Waals surface area contributed by atoms with Crippen LogP contribution in [-0.2, 0) is 13.0 Å². The Hall–Kier alpha value is -0.410.